The molecule has 0 bridgehead atoms. The van der Waals surface area contributed by atoms with Gasteiger partial charge in [-0.2, -0.15) is 4.98 Å². The molecule has 2 aromatic heterocycles. The van der Waals surface area contributed by atoms with Crippen LogP contribution >= 0.6 is 0 Å². The Hall–Kier alpha value is -5.17. The Morgan fingerprint density at radius 1 is 0.977 bits per heavy atom. The van der Waals surface area contributed by atoms with Crippen molar-refractivity contribution in [2.24, 2.45) is 7.05 Å². The highest BCUT2D eigenvalue weighted by Gasteiger charge is 2.17. The van der Waals surface area contributed by atoms with E-state index in [0.29, 0.717) is 40.3 Å². The Morgan fingerprint density at radius 3 is 2.53 bits per heavy atom. The third kappa shape index (κ3) is 6.36. The van der Waals surface area contributed by atoms with Crippen molar-refractivity contribution in [3.8, 4) is 11.5 Å². The van der Waals surface area contributed by atoms with E-state index in [-0.39, 0.29) is 24.9 Å². The molecule has 6 rings (SSSR count). The van der Waals surface area contributed by atoms with Crippen molar-refractivity contribution >= 4 is 55.9 Å². The smallest absolute Gasteiger partial charge is 0.231 e. The van der Waals surface area contributed by atoms with E-state index in [0.717, 1.165) is 22.5 Å². The number of carbonyl (C=O) groups is 1. The number of aryl methyl sites for hydroxylation is 1. The average Bonchev–Trinajstić information content (AvgIpc) is 3.56. The molecular weight excluding hydrogens is 570 g/mol. The van der Waals surface area contributed by atoms with Gasteiger partial charge in [-0.15, -0.1) is 0 Å². The van der Waals surface area contributed by atoms with Crippen molar-refractivity contribution in [1.82, 2.24) is 19.5 Å². The van der Waals surface area contributed by atoms with Crippen LogP contribution < -0.4 is 25.0 Å². The number of rotatable bonds is 9. The van der Waals surface area contributed by atoms with Gasteiger partial charge in [-0.3, -0.25) is 10.1 Å². The van der Waals surface area contributed by atoms with Gasteiger partial charge in [-0.05, 0) is 59.7 Å². The standard InChI is InChI=1S/C30H29N7O5S/c1-36(27-12-13-31-29(34-27)32-21-7-4-19(5-8-21)17-43(3,39)40)22-9-10-24-23(16-22)33-30(37(24)2)35-28(38)15-20-6-11-25-26(14-20)42-18-41-25/h4-14,16H,15,17-18H2,1-3H3,(H,31,32,34)(H,33,35,38). The maximum absolute atomic E-state index is 12.8. The fraction of sp³-hybridized carbons (Fsp3) is 0.200. The minimum Gasteiger partial charge on any atom is -0.454 e. The van der Waals surface area contributed by atoms with Crippen LogP contribution in [0.2, 0.25) is 0 Å². The lowest BCUT2D eigenvalue weighted by Crippen LogP contribution is -2.17. The van der Waals surface area contributed by atoms with Gasteiger partial charge in [0.15, 0.2) is 21.3 Å². The van der Waals surface area contributed by atoms with Crippen molar-refractivity contribution in [2.45, 2.75) is 12.2 Å². The van der Waals surface area contributed by atoms with Gasteiger partial charge in [-0.1, -0.05) is 18.2 Å². The van der Waals surface area contributed by atoms with Crippen LogP contribution in [0.5, 0.6) is 11.5 Å². The van der Waals surface area contributed by atoms with Crippen molar-refractivity contribution in [2.75, 3.05) is 35.6 Å². The SMILES string of the molecule is CN(c1ccc2c(c1)nc(NC(=O)Cc1ccc3c(c1)OCO3)n2C)c1ccnc(Nc2ccc(CS(C)(=O)=O)cc2)n1. The lowest BCUT2D eigenvalue weighted by Gasteiger charge is -2.19. The molecule has 3 heterocycles. The Kier molecular flexibility index (Phi) is 7.32. The summed E-state index contributed by atoms with van der Waals surface area (Å²) >= 11 is 0. The van der Waals surface area contributed by atoms with Crippen LogP contribution in [0.15, 0.2) is 72.9 Å². The van der Waals surface area contributed by atoms with Crippen molar-refractivity contribution in [3.63, 3.8) is 0 Å². The third-order valence-corrected chi connectivity index (χ3v) is 7.79. The summed E-state index contributed by atoms with van der Waals surface area (Å²) < 4.78 is 35.7. The fourth-order valence-electron chi connectivity index (χ4n) is 4.76. The molecule has 3 aromatic carbocycles. The van der Waals surface area contributed by atoms with E-state index in [1.165, 1.54) is 6.26 Å². The van der Waals surface area contributed by atoms with Gasteiger partial charge >= 0.3 is 0 Å². The largest absolute Gasteiger partial charge is 0.454 e. The van der Waals surface area contributed by atoms with Crippen LogP contribution in [0.4, 0.5) is 29.1 Å². The minimum absolute atomic E-state index is 0.0142. The lowest BCUT2D eigenvalue weighted by atomic mass is 10.1. The summed E-state index contributed by atoms with van der Waals surface area (Å²) in [7, 11) is 0.639. The van der Waals surface area contributed by atoms with Crippen LogP contribution in [-0.2, 0) is 33.9 Å². The summed E-state index contributed by atoms with van der Waals surface area (Å²) in [6.45, 7) is 0.183. The number of aromatic nitrogens is 4. The van der Waals surface area contributed by atoms with E-state index in [1.54, 1.807) is 42.6 Å². The number of carbonyl (C=O) groups excluding carboxylic acids is 1. The molecule has 43 heavy (non-hydrogen) atoms. The molecule has 1 amide bonds. The van der Waals surface area contributed by atoms with Gasteiger partial charge in [0.05, 0.1) is 23.2 Å². The van der Waals surface area contributed by atoms with E-state index in [9.17, 15) is 13.2 Å². The zero-order chi connectivity index (χ0) is 30.1. The first-order valence-corrected chi connectivity index (χ1v) is 15.4. The molecular formula is C30H29N7O5S. The van der Waals surface area contributed by atoms with Gasteiger partial charge in [-0.25, -0.2) is 18.4 Å². The zero-order valence-corrected chi connectivity index (χ0v) is 24.6. The summed E-state index contributed by atoms with van der Waals surface area (Å²) in [5.74, 6) is 2.59. The second-order valence-electron chi connectivity index (χ2n) is 10.3. The summed E-state index contributed by atoms with van der Waals surface area (Å²) in [5, 5.41) is 6.07. The van der Waals surface area contributed by atoms with Crippen LogP contribution in [0.1, 0.15) is 11.1 Å². The molecule has 1 aliphatic heterocycles. The molecule has 2 N–H and O–H groups in total. The molecule has 220 valence electrons. The predicted octanol–water partition coefficient (Wildman–Crippen LogP) is 4.33. The summed E-state index contributed by atoms with van der Waals surface area (Å²) in [5.41, 5.74) is 4.68. The van der Waals surface area contributed by atoms with E-state index < -0.39 is 9.84 Å². The summed E-state index contributed by atoms with van der Waals surface area (Å²) in [6.07, 6.45) is 3.04. The van der Waals surface area contributed by atoms with Gasteiger partial charge < -0.3 is 24.3 Å². The normalized spacial score (nSPS) is 12.3. The number of nitrogens with one attached hydrogen (secondary N) is 2. The highest BCUT2D eigenvalue weighted by Crippen LogP contribution is 2.33. The molecule has 5 aromatic rings. The number of amides is 1. The van der Waals surface area contributed by atoms with E-state index in [2.05, 4.69) is 25.6 Å². The first kappa shape index (κ1) is 28.0. The maximum atomic E-state index is 12.8. The third-order valence-electron chi connectivity index (χ3n) is 6.93. The fourth-order valence-corrected chi connectivity index (χ4v) is 5.56. The van der Waals surface area contributed by atoms with E-state index in [1.807, 2.05) is 53.9 Å². The van der Waals surface area contributed by atoms with E-state index in [4.69, 9.17) is 9.47 Å². The molecule has 0 saturated carbocycles. The Balaban J connectivity index is 1.15. The zero-order valence-electron chi connectivity index (χ0n) is 23.7. The lowest BCUT2D eigenvalue weighted by molar-refractivity contribution is -0.115. The summed E-state index contributed by atoms with van der Waals surface area (Å²) in [6, 6.07) is 20.2. The van der Waals surface area contributed by atoms with Crippen molar-refractivity contribution in [3.05, 3.63) is 84.1 Å². The number of hydrogen-bond donors (Lipinski definition) is 2. The topological polar surface area (TPSA) is 141 Å². The summed E-state index contributed by atoms with van der Waals surface area (Å²) in [4.78, 5) is 28.4. The number of hydrogen-bond acceptors (Lipinski definition) is 10. The Labute approximate surface area is 248 Å². The highest BCUT2D eigenvalue weighted by molar-refractivity contribution is 7.89. The maximum Gasteiger partial charge on any atom is 0.231 e. The number of anilines is 5. The molecule has 0 saturated heterocycles. The van der Waals surface area contributed by atoms with Crippen LogP contribution in [0, 0.1) is 0 Å². The van der Waals surface area contributed by atoms with Gasteiger partial charge in [0.2, 0.25) is 24.6 Å². The van der Waals surface area contributed by atoms with Gasteiger partial charge in [0.25, 0.3) is 0 Å². The molecule has 0 atom stereocenters. The number of fused-ring (bicyclic) bond motifs is 2. The number of ether oxygens (including phenoxy) is 2. The van der Waals surface area contributed by atoms with Gasteiger partial charge in [0, 0.05) is 37.9 Å². The minimum atomic E-state index is -3.11. The molecule has 0 fully saturated rings. The van der Waals surface area contributed by atoms with Crippen LogP contribution in [0.25, 0.3) is 11.0 Å². The van der Waals surface area contributed by atoms with Gasteiger partial charge in [0.1, 0.15) is 5.82 Å². The Bertz CT molecular complexity index is 1940. The highest BCUT2D eigenvalue weighted by atomic mass is 32.2. The van der Waals surface area contributed by atoms with Crippen LogP contribution in [0.3, 0.4) is 0 Å². The first-order valence-electron chi connectivity index (χ1n) is 13.4. The number of sulfone groups is 1. The average molecular weight is 600 g/mol. The number of benzene rings is 3. The number of nitrogens with zero attached hydrogens (tertiary/aromatic N) is 5. The quantitative estimate of drug-likeness (QED) is 0.252. The van der Waals surface area contributed by atoms with Crippen molar-refractivity contribution < 1.29 is 22.7 Å². The second kappa shape index (κ2) is 11.2. The molecule has 0 spiro atoms. The van der Waals surface area contributed by atoms with Crippen LogP contribution in [-0.4, -0.2) is 53.9 Å². The first-order chi connectivity index (χ1) is 20.6. The second-order valence-corrected chi connectivity index (χ2v) is 12.4. The molecule has 0 radical (unpaired) electrons. The molecule has 0 aliphatic carbocycles. The molecule has 1 aliphatic rings. The number of imidazole rings is 1. The molecule has 12 nitrogen and oxygen atoms in total. The van der Waals surface area contributed by atoms with E-state index >= 15 is 0 Å². The monoisotopic (exact) mass is 599 g/mol. The molecule has 13 heteroatoms. The predicted molar refractivity (Wildman–Crippen MR) is 164 cm³/mol. The molecule has 0 unspecified atom stereocenters. The Morgan fingerprint density at radius 2 is 1.74 bits per heavy atom. The van der Waals surface area contributed by atoms with Crippen molar-refractivity contribution in [1.29, 1.82) is 0 Å².